The average molecular weight is 361 g/mol. The number of carbonyl (C=O) groups excluding carboxylic acids is 1. The van der Waals surface area contributed by atoms with Gasteiger partial charge in [-0.25, -0.2) is 8.78 Å². The first-order valence-corrected chi connectivity index (χ1v) is 8.65. The summed E-state index contributed by atoms with van der Waals surface area (Å²) < 4.78 is 37.7. The summed E-state index contributed by atoms with van der Waals surface area (Å²) in [5, 5.41) is 2.76. The maximum atomic E-state index is 13.4. The van der Waals surface area contributed by atoms with Gasteiger partial charge in [-0.05, 0) is 30.9 Å². The third-order valence-electron chi connectivity index (χ3n) is 4.08. The molecule has 2 aromatic rings. The van der Waals surface area contributed by atoms with Crippen LogP contribution in [0.5, 0.6) is 5.75 Å². The van der Waals surface area contributed by atoms with E-state index in [2.05, 4.69) is 5.32 Å². The molecule has 1 atom stereocenters. The Kier molecular flexibility index (Phi) is 6.17. The van der Waals surface area contributed by atoms with Crippen molar-refractivity contribution in [2.24, 2.45) is 5.92 Å². The fraction of sp³-hybridized carbons (Fsp3) is 0.350. The van der Waals surface area contributed by atoms with Gasteiger partial charge in [0.05, 0.1) is 6.61 Å². The maximum Gasteiger partial charge on any atom is 0.265 e. The smallest absolute Gasteiger partial charge is 0.265 e. The van der Waals surface area contributed by atoms with Crippen molar-refractivity contribution in [1.82, 2.24) is 5.32 Å². The summed E-state index contributed by atoms with van der Waals surface area (Å²) in [5.41, 5.74) is 0.619. The second kappa shape index (κ2) is 8.76. The van der Waals surface area contributed by atoms with Crippen molar-refractivity contribution < 1.29 is 23.0 Å². The van der Waals surface area contributed by atoms with Crippen LogP contribution in [0.15, 0.2) is 48.5 Å². The Morgan fingerprint density at radius 3 is 2.58 bits per heavy atom. The minimum atomic E-state index is -1.02. The monoisotopic (exact) mass is 361 g/mol. The van der Waals surface area contributed by atoms with Crippen LogP contribution in [0.1, 0.15) is 24.5 Å². The number of hydrogen-bond donors (Lipinski definition) is 1. The lowest BCUT2D eigenvalue weighted by Crippen LogP contribution is -2.34. The summed E-state index contributed by atoms with van der Waals surface area (Å²) in [6, 6.07) is 12.1. The van der Waals surface area contributed by atoms with Gasteiger partial charge in [0.1, 0.15) is 5.75 Å². The Bertz CT molecular complexity index is 735. The van der Waals surface area contributed by atoms with Crippen molar-refractivity contribution >= 4 is 5.91 Å². The van der Waals surface area contributed by atoms with E-state index < -0.39 is 17.7 Å². The molecule has 0 aromatic heterocycles. The zero-order valence-electron chi connectivity index (χ0n) is 14.3. The third kappa shape index (κ3) is 5.26. The van der Waals surface area contributed by atoms with Crippen molar-refractivity contribution in [2.45, 2.75) is 18.9 Å². The molecular weight excluding hydrogens is 340 g/mol. The van der Waals surface area contributed by atoms with Gasteiger partial charge in [-0.15, -0.1) is 0 Å². The SMILES string of the molecule is O=C(NCCOCC1CC1)C(Oc1ccc(F)c(F)c1)c1ccccc1. The molecule has 0 saturated heterocycles. The summed E-state index contributed by atoms with van der Waals surface area (Å²) in [4.78, 5) is 12.5. The Morgan fingerprint density at radius 2 is 1.88 bits per heavy atom. The van der Waals surface area contributed by atoms with Crippen LogP contribution in [0.25, 0.3) is 0 Å². The number of nitrogens with one attached hydrogen (secondary N) is 1. The van der Waals surface area contributed by atoms with E-state index in [1.54, 1.807) is 24.3 Å². The molecule has 0 spiro atoms. The first kappa shape index (κ1) is 18.3. The molecule has 0 bridgehead atoms. The van der Waals surface area contributed by atoms with Gasteiger partial charge in [-0.2, -0.15) is 0 Å². The van der Waals surface area contributed by atoms with Gasteiger partial charge in [0, 0.05) is 24.8 Å². The normalized spacial score (nSPS) is 14.7. The van der Waals surface area contributed by atoms with Crippen LogP contribution in [-0.4, -0.2) is 25.7 Å². The zero-order chi connectivity index (χ0) is 18.4. The molecule has 1 aliphatic rings. The van der Waals surface area contributed by atoms with Crippen LogP contribution in [-0.2, 0) is 9.53 Å². The second-order valence-electron chi connectivity index (χ2n) is 6.29. The molecular formula is C20H21F2NO3. The number of amides is 1. The van der Waals surface area contributed by atoms with Gasteiger partial charge in [-0.1, -0.05) is 30.3 Å². The van der Waals surface area contributed by atoms with Crippen LogP contribution < -0.4 is 10.1 Å². The van der Waals surface area contributed by atoms with Gasteiger partial charge in [0.25, 0.3) is 5.91 Å². The van der Waals surface area contributed by atoms with Crippen LogP contribution in [0.2, 0.25) is 0 Å². The molecule has 6 heteroatoms. The average Bonchev–Trinajstić information content (AvgIpc) is 3.47. The minimum Gasteiger partial charge on any atom is -0.476 e. The number of halogens is 2. The molecule has 3 rings (SSSR count). The molecule has 26 heavy (non-hydrogen) atoms. The molecule has 2 aromatic carbocycles. The Labute approximate surface area is 151 Å². The molecule has 1 N–H and O–H groups in total. The van der Waals surface area contributed by atoms with Crippen LogP contribution in [0, 0.1) is 17.6 Å². The zero-order valence-corrected chi connectivity index (χ0v) is 14.3. The number of rotatable bonds is 9. The van der Waals surface area contributed by atoms with Gasteiger partial charge in [0.15, 0.2) is 11.6 Å². The lowest BCUT2D eigenvalue weighted by molar-refractivity contribution is -0.128. The Morgan fingerprint density at radius 1 is 1.12 bits per heavy atom. The molecule has 4 nitrogen and oxygen atoms in total. The van der Waals surface area contributed by atoms with Crippen molar-refractivity contribution in [1.29, 1.82) is 0 Å². The van der Waals surface area contributed by atoms with Gasteiger partial charge < -0.3 is 14.8 Å². The van der Waals surface area contributed by atoms with E-state index in [0.717, 1.165) is 18.7 Å². The number of hydrogen-bond acceptors (Lipinski definition) is 3. The number of ether oxygens (including phenoxy) is 2. The molecule has 1 unspecified atom stereocenters. The summed E-state index contributed by atoms with van der Waals surface area (Å²) in [6.45, 7) is 1.51. The van der Waals surface area contributed by atoms with E-state index in [9.17, 15) is 13.6 Å². The Balaban J connectivity index is 1.62. The van der Waals surface area contributed by atoms with Gasteiger partial charge in [0.2, 0.25) is 6.10 Å². The van der Waals surface area contributed by atoms with Crippen molar-refractivity contribution in [3.63, 3.8) is 0 Å². The van der Waals surface area contributed by atoms with Crippen molar-refractivity contribution in [3.05, 3.63) is 65.7 Å². The molecule has 1 saturated carbocycles. The topological polar surface area (TPSA) is 47.6 Å². The highest BCUT2D eigenvalue weighted by molar-refractivity contribution is 5.82. The first-order chi connectivity index (χ1) is 12.6. The van der Waals surface area contributed by atoms with E-state index in [4.69, 9.17) is 9.47 Å². The van der Waals surface area contributed by atoms with E-state index in [-0.39, 0.29) is 11.7 Å². The van der Waals surface area contributed by atoms with E-state index >= 15 is 0 Å². The van der Waals surface area contributed by atoms with Gasteiger partial charge >= 0.3 is 0 Å². The van der Waals surface area contributed by atoms with Crippen LogP contribution >= 0.6 is 0 Å². The standard InChI is InChI=1S/C20H21F2NO3/c21-17-9-8-16(12-18(17)22)26-19(15-4-2-1-3-5-15)20(24)23-10-11-25-13-14-6-7-14/h1-5,8-9,12,14,19H,6-7,10-11,13H2,(H,23,24). The maximum absolute atomic E-state index is 13.4. The van der Waals surface area contributed by atoms with E-state index in [1.807, 2.05) is 6.07 Å². The quantitative estimate of drug-likeness (QED) is 0.694. The molecule has 138 valence electrons. The molecule has 0 heterocycles. The van der Waals surface area contributed by atoms with Gasteiger partial charge in [-0.3, -0.25) is 4.79 Å². The minimum absolute atomic E-state index is 0.0814. The molecule has 1 aliphatic carbocycles. The first-order valence-electron chi connectivity index (χ1n) is 8.65. The van der Waals surface area contributed by atoms with Crippen molar-refractivity contribution in [3.8, 4) is 5.75 Å². The fourth-order valence-corrected chi connectivity index (χ4v) is 2.46. The summed E-state index contributed by atoms with van der Waals surface area (Å²) in [5.74, 6) is -1.61. The highest BCUT2D eigenvalue weighted by atomic mass is 19.2. The predicted molar refractivity (Wildman–Crippen MR) is 92.7 cm³/mol. The lowest BCUT2D eigenvalue weighted by atomic mass is 10.1. The highest BCUT2D eigenvalue weighted by Crippen LogP contribution is 2.28. The molecule has 1 amide bonds. The molecule has 1 fully saturated rings. The largest absolute Gasteiger partial charge is 0.476 e. The van der Waals surface area contributed by atoms with E-state index in [0.29, 0.717) is 24.6 Å². The highest BCUT2D eigenvalue weighted by Gasteiger charge is 2.23. The number of benzene rings is 2. The molecule has 0 radical (unpaired) electrons. The lowest BCUT2D eigenvalue weighted by Gasteiger charge is -2.19. The summed E-state index contributed by atoms with van der Waals surface area (Å²) in [6.07, 6.45) is 1.46. The summed E-state index contributed by atoms with van der Waals surface area (Å²) in [7, 11) is 0. The summed E-state index contributed by atoms with van der Waals surface area (Å²) >= 11 is 0. The third-order valence-corrected chi connectivity index (χ3v) is 4.08. The second-order valence-corrected chi connectivity index (χ2v) is 6.29. The van der Waals surface area contributed by atoms with Crippen LogP contribution in [0.3, 0.4) is 0 Å². The fourth-order valence-electron chi connectivity index (χ4n) is 2.46. The Hall–Kier alpha value is -2.47. The van der Waals surface area contributed by atoms with E-state index in [1.165, 1.54) is 18.9 Å². The van der Waals surface area contributed by atoms with Crippen LogP contribution in [0.4, 0.5) is 8.78 Å². The van der Waals surface area contributed by atoms with Crippen molar-refractivity contribution in [2.75, 3.05) is 19.8 Å². The number of carbonyl (C=O) groups is 1. The molecule has 0 aliphatic heterocycles. The predicted octanol–water partition coefficient (Wildman–Crippen LogP) is 3.63.